The fourth-order valence-electron chi connectivity index (χ4n) is 2.01. The van der Waals surface area contributed by atoms with Crippen LogP contribution in [-0.4, -0.2) is 5.78 Å². The van der Waals surface area contributed by atoms with Crippen LogP contribution in [-0.2, 0) is 4.79 Å². The monoisotopic (exact) mass is 200 g/mol. The van der Waals surface area contributed by atoms with Gasteiger partial charge in [-0.05, 0) is 42.9 Å². The van der Waals surface area contributed by atoms with Gasteiger partial charge in [0.05, 0.1) is 0 Å². The highest BCUT2D eigenvalue weighted by atomic mass is 16.1. The number of carbonyl (C=O) groups excluding carboxylic acids is 1. The van der Waals surface area contributed by atoms with Crippen molar-refractivity contribution in [2.75, 3.05) is 0 Å². The molecule has 0 fully saturated rings. The molecule has 2 rings (SSSR count). The van der Waals surface area contributed by atoms with Gasteiger partial charge in [0.25, 0.3) is 0 Å². The van der Waals surface area contributed by atoms with Gasteiger partial charge in [-0.1, -0.05) is 30.4 Å². The second kappa shape index (κ2) is 4.92. The van der Waals surface area contributed by atoms with Crippen LogP contribution in [0.15, 0.2) is 47.6 Å². The van der Waals surface area contributed by atoms with E-state index >= 15 is 0 Å². The number of rotatable bonds is 1. The third-order valence-electron chi connectivity index (χ3n) is 2.88. The Bertz CT molecular complexity index is 367. The van der Waals surface area contributed by atoms with Crippen molar-refractivity contribution in [2.45, 2.75) is 32.1 Å². The molecule has 0 unspecified atom stereocenters. The second-order valence-electron chi connectivity index (χ2n) is 4.03. The molecule has 1 heteroatoms. The van der Waals surface area contributed by atoms with E-state index < -0.39 is 0 Å². The van der Waals surface area contributed by atoms with Crippen molar-refractivity contribution in [3.63, 3.8) is 0 Å². The van der Waals surface area contributed by atoms with Crippen LogP contribution >= 0.6 is 0 Å². The molecule has 78 valence electrons. The Balaban J connectivity index is 2.13. The Morgan fingerprint density at radius 1 is 0.933 bits per heavy atom. The normalized spacial score (nSPS) is 21.7. The molecule has 0 aromatic rings. The molecule has 2 aliphatic rings. The fraction of sp³-hybridized carbons (Fsp3) is 0.357. The maximum absolute atomic E-state index is 11.2. The molecule has 0 saturated heterocycles. The minimum atomic E-state index is 0.242. The summed E-state index contributed by atoms with van der Waals surface area (Å²) in [5, 5.41) is 0. The van der Waals surface area contributed by atoms with Crippen LogP contribution < -0.4 is 0 Å². The van der Waals surface area contributed by atoms with Crippen LogP contribution in [0.25, 0.3) is 0 Å². The molecule has 2 aliphatic carbocycles. The van der Waals surface area contributed by atoms with Crippen molar-refractivity contribution in [3.8, 4) is 0 Å². The topological polar surface area (TPSA) is 17.1 Å². The fourth-order valence-corrected chi connectivity index (χ4v) is 2.01. The van der Waals surface area contributed by atoms with Gasteiger partial charge in [-0.3, -0.25) is 4.79 Å². The number of hydrogen-bond acceptors (Lipinski definition) is 1. The van der Waals surface area contributed by atoms with E-state index in [0.717, 1.165) is 12.8 Å². The van der Waals surface area contributed by atoms with Gasteiger partial charge in [0, 0.05) is 6.42 Å². The van der Waals surface area contributed by atoms with E-state index in [9.17, 15) is 4.79 Å². The first-order chi connectivity index (χ1) is 7.36. The Hall–Kier alpha value is -1.37. The average Bonchev–Trinajstić information content (AvgIpc) is 2.59. The first-order valence-corrected chi connectivity index (χ1v) is 5.62. The Labute approximate surface area is 90.9 Å². The summed E-state index contributed by atoms with van der Waals surface area (Å²) < 4.78 is 0. The quantitative estimate of drug-likeness (QED) is 0.633. The lowest BCUT2D eigenvalue weighted by molar-refractivity contribution is -0.114. The zero-order valence-electron chi connectivity index (χ0n) is 8.91. The maximum atomic E-state index is 11.2. The number of ketones is 1. The highest BCUT2D eigenvalue weighted by Crippen LogP contribution is 2.25. The van der Waals surface area contributed by atoms with Crippen LogP contribution in [0.4, 0.5) is 0 Å². The van der Waals surface area contributed by atoms with Gasteiger partial charge in [0.2, 0.25) is 0 Å². The molecule has 1 nitrogen and oxygen atoms in total. The minimum Gasteiger partial charge on any atom is -0.295 e. The molecule has 0 aromatic carbocycles. The van der Waals surface area contributed by atoms with Crippen molar-refractivity contribution >= 4 is 5.78 Å². The minimum absolute atomic E-state index is 0.242. The van der Waals surface area contributed by atoms with Gasteiger partial charge in [0.15, 0.2) is 5.78 Å². The SMILES string of the molecule is O=C1C=CC=C(C2=CC=CCCC2)CC1. The lowest BCUT2D eigenvalue weighted by Crippen LogP contribution is -1.94. The summed E-state index contributed by atoms with van der Waals surface area (Å²) in [4.78, 5) is 11.2. The molecular formula is C14H16O. The number of allylic oxidation sites excluding steroid dienone is 8. The molecule has 0 radical (unpaired) electrons. The van der Waals surface area contributed by atoms with Gasteiger partial charge in [-0.25, -0.2) is 0 Å². The van der Waals surface area contributed by atoms with E-state index in [1.165, 1.54) is 24.0 Å². The van der Waals surface area contributed by atoms with Crippen molar-refractivity contribution in [3.05, 3.63) is 47.6 Å². The predicted molar refractivity (Wildman–Crippen MR) is 62.5 cm³/mol. The molecule has 15 heavy (non-hydrogen) atoms. The van der Waals surface area contributed by atoms with E-state index in [-0.39, 0.29) is 5.78 Å². The van der Waals surface area contributed by atoms with E-state index in [2.05, 4.69) is 24.3 Å². The largest absolute Gasteiger partial charge is 0.295 e. The molecule has 0 aromatic heterocycles. The maximum Gasteiger partial charge on any atom is 0.156 e. The van der Waals surface area contributed by atoms with E-state index in [0.29, 0.717) is 6.42 Å². The summed E-state index contributed by atoms with van der Waals surface area (Å²) in [5.74, 6) is 0.242. The summed E-state index contributed by atoms with van der Waals surface area (Å²) in [6, 6.07) is 0. The van der Waals surface area contributed by atoms with Gasteiger partial charge in [-0.15, -0.1) is 0 Å². The Morgan fingerprint density at radius 2 is 1.73 bits per heavy atom. The highest BCUT2D eigenvalue weighted by molar-refractivity contribution is 5.90. The predicted octanol–water partition coefficient (Wildman–Crippen LogP) is 3.50. The number of carbonyl (C=O) groups is 1. The van der Waals surface area contributed by atoms with Gasteiger partial charge in [0.1, 0.15) is 0 Å². The first-order valence-electron chi connectivity index (χ1n) is 5.62. The molecule has 0 atom stereocenters. The molecule has 0 saturated carbocycles. The standard InChI is InChI=1S/C14H16O/c15-14-9-5-8-13(10-11-14)12-6-3-1-2-4-7-12/h1,3,5-6,8-9H,2,4,7,10-11H2. The van der Waals surface area contributed by atoms with Crippen molar-refractivity contribution in [1.29, 1.82) is 0 Å². The lowest BCUT2D eigenvalue weighted by Gasteiger charge is -2.08. The van der Waals surface area contributed by atoms with E-state index in [1.54, 1.807) is 6.08 Å². The van der Waals surface area contributed by atoms with Gasteiger partial charge in [-0.2, -0.15) is 0 Å². The van der Waals surface area contributed by atoms with Crippen LogP contribution in [0.5, 0.6) is 0 Å². The van der Waals surface area contributed by atoms with Gasteiger partial charge >= 0.3 is 0 Å². The van der Waals surface area contributed by atoms with Crippen LogP contribution in [0.1, 0.15) is 32.1 Å². The third kappa shape index (κ3) is 2.79. The van der Waals surface area contributed by atoms with Crippen molar-refractivity contribution in [2.24, 2.45) is 0 Å². The van der Waals surface area contributed by atoms with Crippen LogP contribution in [0, 0.1) is 0 Å². The Kier molecular flexibility index (Phi) is 3.33. The smallest absolute Gasteiger partial charge is 0.156 e. The van der Waals surface area contributed by atoms with E-state index in [1.807, 2.05) is 6.08 Å². The van der Waals surface area contributed by atoms with Crippen molar-refractivity contribution < 1.29 is 4.79 Å². The highest BCUT2D eigenvalue weighted by Gasteiger charge is 2.09. The van der Waals surface area contributed by atoms with Crippen LogP contribution in [0.2, 0.25) is 0 Å². The van der Waals surface area contributed by atoms with E-state index in [4.69, 9.17) is 0 Å². The Morgan fingerprint density at radius 3 is 2.67 bits per heavy atom. The summed E-state index contributed by atoms with van der Waals surface area (Å²) >= 11 is 0. The lowest BCUT2D eigenvalue weighted by atomic mass is 9.97. The molecule has 0 heterocycles. The molecule has 0 spiro atoms. The summed E-state index contributed by atoms with van der Waals surface area (Å²) in [5.41, 5.74) is 2.74. The summed E-state index contributed by atoms with van der Waals surface area (Å²) in [6.07, 6.45) is 17.3. The zero-order valence-corrected chi connectivity index (χ0v) is 8.91. The van der Waals surface area contributed by atoms with Crippen LogP contribution in [0.3, 0.4) is 0 Å². The van der Waals surface area contributed by atoms with Crippen molar-refractivity contribution in [1.82, 2.24) is 0 Å². The molecule has 0 aliphatic heterocycles. The zero-order chi connectivity index (χ0) is 10.5. The molecule has 0 N–H and O–H groups in total. The third-order valence-corrected chi connectivity index (χ3v) is 2.88. The molecule has 0 bridgehead atoms. The summed E-state index contributed by atoms with van der Waals surface area (Å²) in [6.45, 7) is 0. The molecule has 0 amide bonds. The first kappa shape index (κ1) is 10.2. The second-order valence-corrected chi connectivity index (χ2v) is 4.03. The van der Waals surface area contributed by atoms with Gasteiger partial charge < -0.3 is 0 Å². The summed E-state index contributed by atoms with van der Waals surface area (Å²) in [7, 11) is 0. The average molecular weight is 200 g/mol. The number of hydrogen-bond donors (Lipinski definition) is 0. The molecular weight excluding hydrogens is 184 g/mol.